The Balaban J connectivity index is 1.26. The van der Waals surface area contributed by atoms with Gasteiger partial charge in [0.05, 0.1) is 28.8 Å². The molecule has 8 heteroatoms. The number of hydrogen-bond donors (Lipinski definition) is 1. The zero-order valence-electron chi connectivity index (χ0n) is 21.8. The highest BCUT2D eigenvalue weighted by Crippen LogP contribution is 2.38. The largest absolute Gasteiger partial charge is 0.368 e. The number of amides is 1. The summed E-state index contributed by atoms with van der Waals surface area (Å²) in [7, 11) is 0. The molecule has 7 nitrogen and oxygen atoms in total. The minimum atomic E-state index is 0.134. The molecule has 4 heterocycles. The molecule has 2 aliphatic rings. The van der Waals surface area contributed by atoms with Gasteiger partial charge in [-0.3, -0.25) is 9.78 Å². The van der Waals surface area contributed by atoms with E-state index in [1.165, 1.54) is 24.9 Å². The summed E-state index contributed by atoms with van der Waals surface area (Å²) in [6.07, 6.45) is 9.62. The van der Waals surface area contributed by atoms with Crippen molar-refractivity contribution in [1.29, 1.82) is 0 Å². The number of nitrogens with zero attached hydrogens (tertiary/aromatic N) is 5. The first-order valence-corrected chi connectivity index (χ1v) is 14.5. The van der Waals surface area contributed by atoms with Crippen molar-refractivity contribution < 1.29 is 4.79 Å². The minimum absolute atomic E-state index is 0.134. The number of benzene rings is 1. The molecule has 38 heavy (non-hydrogen) atoms. The smallest absolute Gasteiger partial charge is 0.255 e. The Morgan fingerprint density at radius 3 is 2.53 bits per heavy atom. The number of anilines is 3. The number of hydrogen-bond acceptors (Lipinski definition) is 6. The molecule has 0 bridgehead atoms. The number of carbonyl (C=O) groups is 1. The van der Waals surface area contributed by atoms with Crippen LogP contribution in [0.1, 0.15) is 54.2 Å². The van der Waals surface area contributed by atoms with E-state index < -0.39 is 0 Å². The second kappa shape index (κ2) is 11.0. The molecule has 4 aromatic rings. The molecule has 1 aliphatic carbocycles. The Labute approximate surface area is 228 Å². The number of aromatic nitrogens is 3. The number of thiazole rings is 1. The Bertz CT molecular complexity index is 1370. The number of rotatable bonds is 6. The Hall–Kier alpha value is -3.65. The third kappa shape index (κ3) is 5.05. The maximum atomic E-state index is 13.8. The molecule has 0 spiro atoms. The van der Waals surface area contributed by atoms with Gasteiger partial charge in [0.2, 0.25) is 0 Å². The van der Waals surface area contributed by atoms with E-state index in [1.807, 2.05) is 23.1 Å². The number of pyridine rings is 1. The molecule has 3 aromatic heterocycles. The number of nitrogens with one attached hydrogen (secondary N) is 1. The third-order valence-corrected chi connectivity index (χ3v) is 8.59. The topological polar surface area (TPSA) is 66.3 Å². The van der Waals surface area contributed by atoms with Crippen LogP contribution < -0.4 is 10.2 Å². The van der Waals surface area contributed by atoms with Gasteiger partial charge in [0.1, 0.15) is 0 Å². The minimum Gasteiger partial charge on any atom is -0.368 e. The fourth-order valence-corrected chi connectivity index (χ4v) is 6.56. The van der Waals surface area contributed by atoms with E-state index in [1.54, 1.807) is 23.7 Å². The molecule has 6 rings (SSSR count). The van der Waals surface area contributed by atoms with Gasteiger partial charge in [-0.1, -0.05) is 37.5 Å². The van der Waals surface area contributed by atoms with E-state index in [4.69, 9.17) is 4.98 Å². The zero-order chi connectivity index (χ0) is 25.9. The second-order valence-electron chi connectivity index (χ2n) is 10.2. The summed E-state index contributed by atoms with van der Waals surface area (Å²) in [5.41, 5.74) is 5.99. The van der Waals surface area contributed by atoms with Gasteiger partial charge in [-0.05, 0) is 50.1 Å². The molecule has 1 saturated carbocycles. The normalized spacial score (nSPS) is 16.6. The molecular formula is C30H34N6OS. The molecule has 2 fully saturated rings. The summed E-state index contributed by atoms with van der Waals surface area (Å²) in [6, 6.07) is 16.9. The van der Waals surface area contributed by atoms with E-state index in [-0.39, 0.29) is 5.91 Å². The molecule has 1 amide bonds. The van der Waals surface area contributed by atoms with Crippen LogP contribution >= 0.6 is 11.3 Å². The van der Waals surface area contributed by atoms with Crippen LogP contribution in [-0.2, 0) is 0 Å². The van der Waals surface area contributed by atoms with Crippen molar-refractivity contribution in [3.05, 3.63) is 77.6 Å². The SMILES string of the molecule is Cc1c(C(=O)N2CCN(c3ccccc3)CC2)cc(-c2csc(Nc3cccnc3)n2)n1C1CCCCC1. The average molecular weight is 527 g/mol. The summed E-state index contributed by atoms with van der Waals surface area (Å²) < 4.78 is 2.41. The van der Waals surface area contributed by atoms with Gasteiger partial charge in [0.25, 0.3) is 5.91 Å². The zero-order valence-corrected chi connectivity index (χ0v) is 22.7. The molecule has 0 atom stereocenters. The van der Waals surface area contributed by atoms with Gasteiger partial charge in [-0.15, -0.1) is 11.3 Å². The molecule has 196 valence electrons. The number of carbonyl (C=O) groups excluding carboxylic acids is 1. The summed E-state index contributed by atoms with van der Waals surface area (Å²) in [4.78, 5) is 27.3. The highest BCUT2D eigenvalue weighted by atomic mass is 32.1. The highest BCUT2D eigenvalue weighted by molar-refractivity contribution is 7.14. The van der Waals surface area contributed by atoms with Crippen LogP contribution in [0.25, 0.3) is 11.4 Å². The van der Waals surface area contributed by atoms with Crippen molar-refractivity contribution in [3.8, 4) is 11.4 Å². The predicted molar refractivity (Wildman–Crippen MR) is 154 cm³/mol. The standard InChI is InChI=1S/C30H34N6OS/c1-22-26(29(37)35-17-15-34(16-18-35)24-10-4-2-5-11-24)19-28(36(22)25-12-6-3-7-13-25)27-21-38-30(33-27)32-23-9-8-14-31-20-23/h2,4-5,8-11,14,19-21,25H,3,6-7,12-13,15-18H2,1H3,(H,32,33). The van der Waals surface area contributed by atoms with Gasteiger partial charge < -0.3 is 19.7 Å². The van der Waals surface area contributed by atoms with Crippen LogP contribution in [-0.4, -0.2) is 51.5 Å². The van der Waals surface area contributed by atoms with Crippen molar-refractivity contribution >= 4 is 33.8 Å². The maximum absolute atomic E-state index is 13.8. The lowest BCUT2D eigenvalue weighted by molar-refractivity contribution is 0.0745. The van der Waals surface area contributed by atoms with Crippen LogP contribution in [0.2, 0.25) is 0 Å². The third-order valence-electron chi connectivity index (χ3n) is 7.83. The van der Waals surface area contributed by atoms with Crippen molar-refractivity contribution in [2.24, 2.45) is 0 Å². The maximum Gasteiger partial charge on any atom is 0.255 e. The molecular weight excluding hydrogens is 492 g/mol. The quantitative estimate of drug-likeness (QED) is 0.310. The van der Waals surface area contributed by atoms with Crippen LogP contribution in [0.4, 0.5) is 16.5 Å². The first kappa shape index (κ1) is 24.7. The first-order valence-electron chi connectivity index (χ1n) is 13.6. The molecule has 0 unspecified atom stereocenters. The van der Waals surface area contributed by atoms with E-state index in [0.29, 0.717) is 6.04 Å². The molecule has 1 saturated heterocycles. The van der Waals surface area contributed by atoms with Crippen molar-refractivity contribution in [2.45, 2.75) is 45.1 Å². The van der Waals surface area contributed by atoms with Crippen LogP contribution in [0, 0.1) is 6.92 Å². The fourth-order valence-electron chi connectivity index (χ4n) is 5.83. The summed E-state index contributed by atoms with van der Waals surface area (Å²) in [6.45, 7) is 5.27. The summed E-state index contributed by atoms with van der Waals surface area (Å²) in [5, 5.41) is 6.29. The second-order valence-corrected chi connectivity index (χ2v) is 11.1. The Morgan fingerprint density at radius 2 is 1.79 bits per heavy atom. The van der Waals surface area contributed by atoms with Gasteiger partial charge in [0.15, 0.2) is 5.13 Å². The van der Waals surface area contributed by atoms with Gasteiger partial charge in [-0.2, -0.15) is 0 Å². The predicted octanol–water partition coefficient (Wildman–Crippen LogP) is 6.53. The Kier molecular flexibility index (Phi) is 7.14. The summed E-state index contributed by atoms with van der Waals surface area (Å²) >= 11 is 1.58. The highest BCUT2D eigenvalue weighted by Gasteiger charge is 2.29. The van der Waals surface area contributed by atoms with E-state index >= 15 is 0 Å². The molecule has 0 radical (unpaired) electrons. The lowest BCUT2D eigenvalue weighted by Crippen LogP contribution is -2.48. The monoisotopic (exact) mass is 526 g/mol. The van der Waals surface area contributed by atoms with E-state index in [2.05, 4.69) is 62.4 Å². The number of piperazine rings is 1. The van der Waals surface area contributed by atoms with Gasteiger partial charge in [0, 0.05) is 55.2 Å². The van der Waals surface area contributed by atoms with Crippen molar-refractivity contribution in [3.63, 3.8) is 0 Å². The van der Waals surface area contributed by atoms with Crippen molar-refractivity contribution in [1.82, 2.24) is 19.4 Å². The van der Waals surface area contributed by atoms with E-state index in [0.717, 1.165) is 72.5 Å². The molecule has 1 aromatic carbocycles. The van der Waals surface area contributed by atoms with Gasteiger partial charge in [-0.25, -0.2) is 4.98 Å². The van der Waals surface area contributed by atoms with Crippen molar-refractivity contribution in [2.75, 3.05) is 36.4 Å². The molecule has 1 N–H and O–H groups in total. The summed E-state index contributed by atoms with van der Waals surface area (Å²) in [5.74, 6) is 0.134. The average Bonchev–Trinajstić information content (AvgIpc) is 3.58. The lowest BCUT2D eigenvalue weighted by atomic mass is 9.95. The van der Waals surface area contributed by atoms with E-state index in [9.17, 15) is 4.79 Å². The van der Waals surface area contributed by atoms with Crippen LogP contribution in [0.15, 0.2) is 66.3 Å². The Morgan fingerprint density at radius 1 is 1.00 bits per heavy atom. The van der Waals surface area contributed by atoms with Crippen LogP contribution in [0.3, 0.4) is 0 Å². The van der Waals surface area contributed by atoms with Crippen LogP contribution in [0.5, 0.6) is 0 Å². The molecule has 1 aliphatic heterocycles. The number of para-hydroxylation sites is 1. The fraction of sp³-hybridized carbons (Fsp3) is 0.367. The van der Waals surface area contributed by atoms with Gasteiger partial charge >= 0.3 is 0 Å². The lowest BCUT2D eigenvalue weighted by Gasteiger charge is -2.36. The first-order chi connectivity index (χ1) is 18.7.